The number of rotatable bonds is 7. The van der Waals surface area contributed by atoms with Crippen LogP contribution in [0, 0.1) is 0 Å². The first-order valence-electron chi connectivity index (χ1n) is 4.68. The van der Waals surface area contributed by atoms with Gasteiger partial charge in [0.2, 0.25) is 0 Å². The van der Waals surface area contributed by atoms with Crippen LogP contribution >= 0.6 is 0 Å². The summed E-state index contributed by atoms with van der Waals surface area (Å²) in [4.78, 5) is 10.5. The van der Waals surface area contributed by atoms with Gasteiger partial charge in [-0.2, -0.15) is 0 Å². The number of sulfone groups is 1. The van der Waals surface area contributed by atoms with E-state index in [0.717, 1.165) is 12.8 Å². The number of ketones is 1. The first kappa shape index (κ1) is 12.6. The summed E-state index contributed by atoms with van der Waals surface area (Å²) in [5.41, 5.74) is 0. The molecule has 0 unspecified atom stereocenters. The summed E-state index contributed by atoms with van der Waals surface area (Å²) in [5, 5.41) is 0. The summed E-state index contributed by atoms with van der Waals surface area (Å²) in [7, 11) is -2.89. The summed E-state index contributed by atoms with van der Waals surface area (Å²) in [6.45, 7) is 3.45. The zero-order valence-corrected chi connectivity index (χ0v) is 9.19. The maximum Gasteiger partial charge on any atom is 0.150 e. The Hall–Kier alpha value is -0.380. The maximum atomic E-state index is 11.3. The second-order valence-corrected chi connectivity index (χ2v) is 5.61. The molecule has 0 atom stereocenters. The van der Waals surface area contributed by atoms with E-state index in [1.54, 1.807) is 0 Å². The van der Waals surface area contributed by atoms with Gasteiger partial charge in [0.05, 0.1) is 11.5 Å². The first-order valence-corrected chi connectivity index (χ1v) is 6.50. The molecule has 0 N–H and O–H groups in total. The number of hydrogen-bond acceptors (Lipinski definition) is 3. The number of carbonyl (C=O) groups excluding carboxylic acids is 1. The Kier molecular flexibility index (Phi) is 5.95. The van der Waals surface area contributed by atoms with Crippen molar-refractivity contribution in [2.45, 2.75) is 39.5 Å². The number of Topliss-reactive ketones (excluding diaryl/α,β-unsaturated/α-hetero) is 1. The zero-order chi connectivity index (χ0) is 10.3. The highest BCUT2D eigenvalue weighted by Crippen LogP contribution is 2.01. The average molecular weight is 206 g/mol. The van der Waals surface area contributed by atoms with Crippen molar-refractivity contribution in [1.82, 2.24) is 0 Å². The molecular weight excluding hydrogens is 188 g/mol. The third kappa shape index (κ3) is 7.96. The molecule has 0 saturated carbocycles. The lowest BCUT2D eigenvalue weighted by Gasteiger charge is -2.01. The summed E-state index contributed by atoms with van der Waals surface area (Å²) in [6.07, 6.45) is 2.47. The molecule has 78 valence electrons. The van der Waals surface area contributed by atoms with Crippen LogP contribution in [0.25, 0.3) is 0 Å². The molecule has 0 amide bonds. The van der Waals surface area contributed by atoms with E-state index in [4.69, 9.17) is 0 Å². The maximum absolute atomic E-state index is 11.3. The van der Waals surface area contributed by atoms with Gasteiger partial charge in [-0.15, -0.1) is 0 Å². The van der Waals surface area contributed by atoms with E-state index < -0.39 is 9.84 Å². The fraction of sp³-hybridized carbons (Fsp3) is 0.889. The molecule has 3 nitrogen and oxygen atoms in total. The third-order valence-corrected chi connectivity index (χ3v) is 3.61. The first-order chi connectivity index (χ1) is 5.98. The quantitative estimate of drug-likeness (QED) is 0.635. The minimum atomic E-state index is -2.89. The fourth-order valence-electron chi connectivity index (χ4n) is 1.01. The standard InChI is InChI=1S/C9H18O3S/c1-3-4-7-13(11,12)8-5-6-9(2)10/h3-8H2,1-2H3. The normalized spacial score (nSPS) is 11.5. The lowest BCUT2D eigenvalue weighted by Crippen LogP contribution is -2.11. The van der Waals surface area contributed by atoms with E-state index in [1.807, 2.05) is 6.92 Å². The van der Waals surface area contributed by atoms with Crippen molar-refractivity contribution in [3.63, 3.8) is 0 Å². The van der Waals surface area contributed by atoms with Crippen molar-refractivity contribution in [2.24, 2.45) is 0 Å². The Morgan fingerprint density at radius 1 is 1.15 bits per heavy atom. The minimum absolute atomic E-state index is 0.0608. The summed E-state index contributed by atoms with van der Waals surface area (Å²) < 4.78 is 22.5. The molecule has 0 fully saturated rings. The van der Waals surface area contributed by atoms with Gasteiger partial charge in [0.15, 0.2) is 0 Å². The highest BCUT2D eigenvalue weighted by molar-refractivity contribution is 7.91. The Morgan fingerprint density at radius 2 is 1.69 bits per heavy atom. The Bertz CT molecular complexity index is 242. The predicted octanol–water partition coefficient (Wildman–Crippen LogP) is 1.57. The van der Waals surface area contributed by atoms with Crippen molar-refractivity contribution in [1.29, 1.82) is 0 Å². The van der Waals surface area contributed by atoms with Gasteiger partial charge in [-0.3, -0.25) is 0 Å². The number of unbranched alkanes of at least 4 members (excludes halogenated alkanes) is 1. The van der Waals surface area contributed by atoms with Crippen LogP contribution < -0.4 is 0 Å². The zero-order valence-electron chi connectivity index (χ0n) is 8.38. The molecule has 0 heterocycles. The molecule has 0 rings (SSSR count). The molecule has 0 aromatic carbocycles. The highest BCUT2D eigenvalue weighted by Gasteiger charge is 2.09. The highest BCUT2D eigenvalue weighted by atomic mass is 32.2. The molecule has 0 aliphatic heterocycles. The van der Waals surface area contributed by atoms with Crippen LogP contribution in [0.5, 0.6) is 0 Å². The van der Waals surface area contributed by atoms with E-state index in [9.17, 15) is 13.2 Å². The Morgan fingerprint density at radius 3 is 2.15 bits per heavy atom. The number of carbonyl (C=O) groups is 1. The van der Waals surface area contributed by atoms with Gasteiger partial charge in [0.1, 0.15) is 15.6 Å². The van der Waals surface area contributed by atoms with Crippen LogP contribution in [0.3, 0.4) is 0 Å². The summed E-state index contributed by atoms with van der Waals surface area (Å²) >= 11 is 0. The van der Waals surface area contributed by atoms with Crippen LogP contribution in [-0.2, 0) is 14.6 Å². The van der Waals surface area contributed by atoms with E-state index in [2.05, 4.69) is 0 Å². The van der Waals surface area contributed by atoms with Crippen molar-refractivity contribution >= 4 is 15.6 Å². The number of hydrogen-bond donors (Lipinski definition) is 0. The largest absolute Gasteiger partial charge is 0.300 e. The molecular formula is C9H18O3S. The smallest absolute Gasteiger partial charge is 0.150 e. The minimum Gasteiger partial charge on any atom is -0.300 e. The van der Waals surface area contributed by atoms with Crippen molar-refractivity contribution in [3.05, 3.63) is 0 Å². The van der Waals surface area contributed by atoms with E-state index in [0.29, 0.717) is 12.8 Å². The average Bonchev–Trinajstić information content (AvgIpc) is 2.00. The van der Waals surface area contributed by atoms with E-state index in [1.165, 1.54) is 6.92 Å². The monoisotopic (exact) mass is 206 g/mol. The Balaban J connectivity index is 3.70. The molecule has 0 bridgehead atoms. The molecule has 13 heavy (non-hydrogen) atoms. The van der Waals surface area contributed by atoms with Gasteiger partial charge in [0, 0.05) is 6.42 Å². The fourth-order valence-corrected chi connectivity index (χ4v) is 2.52. The second-order valence-electron chi connectivity index (χ2n) is 3.31. The molecule has 0 aliphatic rings. The second kappa shape index (κ2) is 6.13. The van der Waals surface area contributed by atoms with Crippen molar-refractivity contribution in [2.75, 3.05) is 11.5 Å². The van der Waals surface area contributed by atoms with E-state index >= 15 is 0 Å². The van der Waals surface area contributed by atoms with Gasteiger partial charge >= 0.3 is 0 Å². The van der Waals surface area contributed by atoms with Crippen LogP contribution in [0.15, 0.2) is 0 Å². The van der Waals surface area contributed by atoms with Gasteiger partial charge < -0.3 is 4.79 Å². The summed E-state index contributed by atoms with van der Waals surface area (Å²) in [6, 6.07) is 0. The van der Waals surface area contributed by atoms with Crippen molar-refractivity contribution < 1.29 is 13.2 Å². The Labute approximate surface area is 80.4 Å². The molecule has 0 radical (unpaired) electrons. The third-order valence-electron chi connectivity index (χ3n) is 1.79. The molecule has 0 spiro atoms. The molecule has 4 heteroatoms. The van der Waals surface area contributed by atoms with E-state index in [-0.39, 0.29) is 17.3 Å². The van der Waals surface area contributed by atoms with Crippen LogP contribution in [0.2, 0.25) is 0 Å². The topological polar surface area (TPSA) is 51.2 Å². The lowest BCUT2D eigenvalue weighted by molar-refractivity contribution is -0.117. The van der Waals surface area contributed by atoms with Gasteiger partial charge in [-0.25, -0.2) is 8.42 Å². The molecule has 0 aromatic heterocycles. The van der Waals surface area contributed by atoms with Gasteiger partial charge in [-0.1, -0.05) is 13.3 Å². The van der Waals surface area contributed by atoms with Crippen LogP contribution in [0.4, 0.5) is 0 Å². The van der Waals surface area contributed by atoms with Crippen LogP contribution in [0.1, 0.15) is 39.5 Å². The molecule has 0 aromatic rings. The predicted molar refractivity (Wildman–Crippen MR) is 53.5 cm³/mol. The van der Waals surface area contributed by atoms with Gasteiger partial charge in [-0.05, 0) is 19.8 Å². The lowest BCUT2D eigenvalue weighted by atomic mass is 10.3. The van der Waals surface area contributed by atoms with Crippen LogP contribution in [-0.4, -0.2) is 25.7 Å². The van der Waals surface area contributed by atoms with Gasteiger partial charge in [0.25, 0.3) is 0 Å². The molecule has 0 aliphatic carbocycles. The summed E-state index contributed by atoms with van der Waals surface area (Å²) in [5.74, 6) is 0.485. The molecule has 0 saturated heterocycles. The van der Waals surface area contributed by atoms with Crippen molar-refractivity contribution in [3.8, 4) is 0 Å². The SMILES string of the molecule is CCCCS(=O)(=O)CCCC(C)=O.